The van der Waals surface area contributed by atoms with Crippen molar-refractivity contribution in [3.63, 3.8) is 0 Å². The molecule has 0 radical (unpaired) electrons. The van der Waals surface area contributed by atoms with Crippen molar-refractivity contribution in [3.05, 3.63) is 66.4 Å². The van der Waals surface area contributed by atoms with Gasteiger partial charge in [-0.1, -0.05) is 18.2 Å². The van der Waals surface area contributed by atoms with Crippen LogP contribution in [0.2, 0.25) is 0 Å². The Morgan fingerprint density at radius 1 is 1.00 bits per heavy atom. The summed E-state index contributed by atoms with van der Waals surface area (Å²) in [7, 11) is 2.02. The summed E-state index contributed by atoms with van der Waals surface area (Å²) in [5.74, 6) is -0.00865. The second-order valence-electron chi connectivity index (χ2n) is 7.67. The molecule has 0 amide bonds. The van der Waals surface area contributed by atoms with E-state index in [4.69, 9.17) is 4.74 Å². The Kier molecular flexibility index (Phi) is 4.81. The number of pyridine rings is 1. The maximum atomic E-state index is 9.86. The van der Waals surface area contributed by atoms with Gasteiger partial charge in [0.15, 0.2) is 0 Å². The van der Waals surface area contributed by atoms with Crippen LogP contribution in [0.1, 0.15) is 5.56 Å². The van der Waals surface area contributed by atoms with E-state index in [-0.39, 0.29) is 11.3 Å². The molecule has 1 N–H and O–H groups in total. The molecule has 1 fully saturated rings. The fourth-order valence-electron chi connectivity index (χ4n) is 4.21. The Morgan fingerprint density at radius 3 is 2.48 bits per heavy atom. The summed E-state index contributed by atoms with van der Waals surface area (Å²) in [6, 6.07) is 19.8. The number of phenols is 1. The van der Waals surface area contributed by atoms with Crippen molar-refractivity contribution >= 4 is 16.7 Å². The van der Waals surface area contributed by atoms with Gasteiger partial charge in [0.1, 0.15) is 17.5 Å². The quantitative estimate of drug-likeness (QED) is 0.544. The lowest BCUT2D eigenvalue weighted by Crippen LogP contribution is -2.36. The number of aromatic hydroxyl groups is 1. The third kappa shape index (κ3) is 3.39. The number of benzene rings is 2. The number of morpholine rings is 1. The molecule has 4 aromatic rings. The zero-order valence-electron chi connectivity index (χ0n) is 17.2. The second-order valence-corrected chi connectivity index (χ2v) is 7.67. The second kappa shape index (κ2) is 7.78. The lowest BCUT2D eigenvalue weighted by atomic mass is 10.0. The van der Waals surface area contributed by atoms with E-state index in [2.05, 4.69) is 44.8 Å². The molecule has 154 valence electrons. The summed E-state index contributed by atoms with van der Waals surface area (Å²) in [6.07, 6.45) is 1.78. The van der Waals surface area contributed by atoms with Crippen LogP contribution in [0.5, 0.6) is 5.75 Å². The van der Waals surface area contributed by atoms with Gasteiger partial charge >= 0.3 is 0 Å². The molecule has 0 spiro atoms. The number of nitrogens with zero attached hydrogens (tertiary/aromatic N) is 4. The van der Waals surface area contributed by atoms with Crippen molar-refractivity contribution in [1.29, 1.82) is 5.26 Å². The highest BCUT2D eigenvalue weighted by Gasteiger charge is 2.15. The average Bonchev–Trinajstić information content (AvgIpc) is 3.17. The highest BCUT2D eigenvalue weighted by Crippen LogP contribution is 2.35. The summed E-state index contributed by atoms with van der Waals surface area (Å²) in [5, 5.41) is 20.1. The third-order valence-electron chi connectivity index (χ3n) is 5.90. The Labute approximate surface area is 180 Å². The SMILES string of the molecule is Cn1c(-c2ccc(N3CCOCC3)cc2)cc2c(-c3ccc(O)c(C#N)c3)ccnc21. The van der Waals surface area contributed by atoms with E-state index in [0.29, 0.717) is 0 Å². The summed E-state index contributed by atoms with van der Waals surface area (Å²) in [4.78, 5) is 6.93. The van der Waals surface area contributed by atoms with Crippen LogP contribution in [0.4, 0.5) is 5.69 Å². The molecule has 3 heterocycles. The molecular formula is C25H22N4O2. The lowest BCUT2D eigenvalue weighted by molar-refractivity contribution is 0.122. The number of hydrogen-bond acceptors (Lipinski definition) is 5. The van der Waals surface area contributed by atoms with Crippen molar-refractivity contribution < 1.29 is 9.84 Å². The number of aryl methyl sites for hydroxylation is 1. The predicted octanol–water partition coefficient (Wildman–Crippen LogP) is 4.32. The van der Waals surface area contributed by atoms with Crippen LogP contribution < -0.4 is 4.90 Å². The van der Waals surface area contributed by atoms with Crippen LogP contribution in [-0.4, -0.2) is 41.0 Å². The highest BCUT2D eigenvalue weighted by atomic mass is 16.5. The first-order chi connectivity index (χ1) is 15.2. The molecular weight excluding hydrogens is 388 g/mol. The van der Waals surface area contributed by atoms with E-state index < -0.39 is 0 Å². The minimum absolute atomic E-state index is 0.00865. The van der Waals surface area contributed by atoms with Gasteiger partial charge in [0, 0.05) is 37.4 Å². The fourth-order valence-corrected chi connectivity index (χ4v) is 4.21. The van der Waals surface area contributed by atoms with Crippen molar-refractivity contribution in [2.45, 2.75) is 0 Å². The Morgan fingerprint density at radius 2 is 1.74 bits per heavy atom. The summed E-state index contributed by atoms with van der Waals surface area (Å²) in [6.45, 7) is 3.37. The molecule has 2 aromatic heterocycles. The van der Waals surface area contributed by atoms with Gasteiger partial charge in [-0.3, -0.25) is 0 Å². The molecule has 31 heavy (non-hydrogen) atoms. The zero-order chi connectivity index (χ0) is 21.4. The Bertz CT molecular complexity index is 1300. The van der Waals surface area contributed by atoms with Gasteiger partial charge in [-0.25, -0.2) is 4.98 Å². The Hall–Kier alpha value is -3.82. The molecule has 5 rings (SSSR count). The number of phenolic OH excluding ortho intramolecular Hbond substituents is 1. The van der Waals surface area contributed by atoms with Gasteiger partial charge in [0.2, 0.25) is 0 Å². The molecule has 0 unspecified atom stereocenters. The van der Waals surface area contributed by atoms with Crippen LogP contribution in [0.25, 0.3) is 33.4 Å². The minimum atomic E-state index is -0.00865. The van der Waals surface area contributed by atoms with E-state index in [1.54, 1.807) is 18.3 Å². The lowest BCUT2D eigenvalue weighted by Gasteiger charge is -2.28. The molecule has 2 aromatic carbocycles. The van der Waals surface area contributed by atoms with Crippen molar-refractivity contribution in [3.8, 4) is 34.2 Å². The molecule has 0 aliphatic carbocycles. The predicted molar refractivity (Wildman–Crippen MR) is 121 cm³/mol. The number of aromatic nitrogens is 2. The molecule has 6 heteroatoms. The first kappa shape index (κ1) is 19.2. The van der Waals surface area contributed by atoms with Crippen LogP contribution in [0, 0.1) is 11.3 Å². The van der Waals surface area contributed by atoms with Gasteiger partial charge in [-0.2, -0.15) is 5.26 Å². The first-order valence-corrected chi connectivity index (χ1v) is 10.3. The zero-order valence-corrected chi connectivity index (χ0v) is 17.2. The molecule has 1 aliphatic rings. The number of fused-ring (bicyclic) bond motifs is 1. The number of anilines is 1. The number of nitriles is 1. The van der Waals surface area contributed by atoms with Crippen LogP contribution in [0.3, 0.4) is 0 Å². The molecule has 1 saturated heterocycles. The number of ether oxygens (including phenoxy) is 1. The van der Waals surface area contributed by atoms with Gasteiger partial charge in [0.05, 0.1) is 24.5 Å². The van der Waals surface area contributed by atoms with E-state index in [0.717, 1.165) is 59.7 Å². The van der Waals surface area contributed by atoms with Crippen molar-refractivity contribution in [1.82, 2.24) is 9.55 Å². The van der Waals surface area contributed by atoms with Crippen molar-refractivity contribution in [2.75, 3.05) is 31.2 Å². The topological polar surface area (TPSA) is 74.3 Å². The number of rotatable bonds is 3. The third-order valence-corrected chi connectivity index (χ3v) is 5.90. The maximum Gasteiger partial charge on any atom is 0.140 e. The van der Waals surface area contributed by atoms with Crippen LogP contribution in [-0.2, 0) is 11.8 Å². The minimum Gasteiger partial charge on any atom is -0.507 e. The van der Waals surface area contributed by atoms with E-state index >= 15 is 0 Å². The van der Waals surface area contributed by atoms with Gasteiger partial charge in [-0.05, 0) is 53.1 Å². The van der Waals surface area contributed by atoms with E-state index in [9.17, 15) is 10.4 Å². The summed E-state index contributed by atoms with van der Waals surface area (Å²) < 4.78 is 7.54. The largest absolute Gasteiger partial charge is 0.507 e. The Balaban J connectivity index is 1.56. The number of hydrogen-bond donors (Lipinski definition) is 1. The van der Waals surface area contributed by atoms with E-state index in [1.165, 1.54) is 5.69 Å². The highest BCUT2D eigenvalue weighted by molar-refractivity contribution is 5.97. The van der Waals surface area contributed by atoms with Gasteiger partial charge < -0.3 is 19.3 Å². The molecule has 0 atom stereocenters. The van der Waals surface area contributed by atoms with Crippen LogP contribution in [0.15, 0.2) is 60.8 Å². The fraction of sp³-hybridized carbons (Fsp3) is 0.200. The monoisotopic (exact) mass is 410 g/mol. The van der Waals surface area contributed by atoms with Crippen molar-refractivity contribution in [2.24, 2.45) is 7.05 Å². The van der Waals surface area contributed by atoms with Gasteiger partial charge in [-0.15, -0.1) is 0 Å². The van der Waals surface area contributed by atoms with E-state index in [1.807, 2.05) is 25.2 Å². The first-order valence-electron chi connectivity index (χ1n) is 10.3. The normalized spacial score (nSPS) is 14.0. The standard InChI is InChI=1S/C25H22N4O2/c1-28-23(17-2-5-20(6-3-17)29-10-12-31-13-11-29)15-22-21(8-9-27-25(22)28)18-4-7-24(30)19(14-18)16-26/h2-9,14-15,30H,10-13H2,1H3. The molecule has 6 nitrogen and oxygen atoms in total. The smallest absolute Gasteiger partial charge is 0.140 e. The maximum absolute atomic E-state index is 9.86. The molecule has 0 saturated carbocycles. The average molecular weight is 410 g/mol. The van der Waals surface area contributed by atoms with Crippen LogP contribution >= 0.6 is 0 Å². The van der Waals surface area contributed by atoms with Gasteiger partial charge in [0.25, 0.3) is 0 Å². The summed E-state index contributed by atoms with van der Waals surface area (Å²) >= 11 is 0. The summed E-state index contributed by atoms with van der Waals surface area (Å²) in [5.41, 5.74) is 6.39. The molecule has 0 bridgehead atoms. The molecule has 1 aliphatic heterocycles.